The first kappa shape index (κ1) is 12.8. The van der Waals surface area contributed by atoms with Gasteiger partial charge in [0.1, 0.15) is 0 Å². The number of carbonyl (C=O) groups is 1. The number of ether oxygens (including phenoxy) is 1. The van der Waals surface area contributed by atoms with Crippen LogP contribution in [0, 0.1) is 5.92 Å². The Bertz CT molecular complexity index is 248. The first-order chi connectivity index (χ1) is 8.31. The van der Waals surface area contributed by atoms with E-state index in [0.29, 0.717) is 12.6 Å². The molecular weight excluding hydrogens is 216 g/mol. The summed E-state index contributed by atoms with van der Waals surface area (Å²) in [7, 11) is 1.73. The highest BCUT2D eigenvalue weighted by Gasteiger charge is 2.31. The van der Waals surface area contributed by atoms with E-state index in [-0.39, 0.29) is 5.91 Å². The predicted octanol–water partition coefficient (Wildman–Crippen LogP) is 1.01. The van der Waals surface area contributed by atoms with Crippen LogP contribution in [0.25, 0.3) is 0 Å². The third kappa shape index (κ3) is 3.96. The number of methoxy groups -OCH3 is 1. The van der Waals surface area contributed by atoms with Gasteiger partial charge in [0, 0.05) is 26.2 Å². The molecule has 4 nitrogen and oxygen atoms in total. The molecule has 1 aliphatic heterocycles. The summed E-state index contributed by atoms with van der Waals surface area (Å²) in [6.45, 7) is 3.08. The molecule has 2 aliphatic rings. The highest BCUT2D eigenvalue weighted by Crippen LogP contribution is 2.32. The Morgan fingerprint density at radius 3 is 2.65 bits per heavy atom. The quantitative estimate of drug-likeness (QED) is 0.753. The van der Waals surface area contributed by atoms with Gasteiger partial charge in [-0.3, -0.25) is 4.79 Å². The van der Waals surface area contributed by atoms with Gasteiger partial charge in [0.15, 0.2) is 0 Å². The highest BCUT2D eigenvalue weighted by atomic mass is 16.5. The van der Waals surface area contributed by atoms with Gasteiger partial charge in [0.05, 0.1) is 13.2 Å². The van der Waals surface area contributed by atoms with Crippen molar-refractivity contribution >= 4 is 5.91 Å². The van der Waals surface area contributed by atoms with Crippen LogP contribution < -0.4 is 5.32 Å². The van der Waals surface area contributed by atoms with Crippen LogP contribution in [0.3, 0.4) is 0 Å². The summed E-state index contributed by atoms with van der Waals surface area (Å²) in [5.41, 5.74) is 0. The van der Waals surface area contributed by atoms with Crippen LogP contribution in [-0.4, -0.2) is 50.2 Å². The molecule has 2 rings (SSSR count). The molecule has 1 atom stereocenters. The molecule has 2 fully saturated rings. The predicted molar refractivity (Wildman–Crippen MR) is 66.8 cm³/mol. The maximum Gasteiger partial charge on any atom is 0.236 e. The Kier molecular flexibility index (Phi) is 4.80. The average Bonchev–Trinajstić information content (AvgIpc) is 3.19. The van der Waals surface area contributed by atoms with Crippen molar-refractivity contribution in [3.63, 3.8) is 0 Å². The van der Waals surface area contributed by atoms with Crippen LogP contribution in [0.1, 0.15) is 32.1 Å². The van der Waals surface area contributed by atoms with Crippen molar-refractivity contribution in [2.75, 3.05) is 33.4 Å². The Labute approximate surface area is 104 Å². The van der Waals surface area contributed by atoms with E-state index in [2.05, 4.69) is 5.32 Å². The molecule has 1 aliphatic carbocycles. The van der Waals surface area contributed by atoms with Crippen molar-refractivity contribution in [3.8, 4) is 0 Å². The van der Waals surface area contributed by atoms with Gasteiger partial charge in [-0.2, -0.15) is 0 Å². The Morgan fingerprint density at radius 1 is 1.35 bits per heavy atom. The lowest BCUT2D eigenvalue weighted by Crippen LogP contribution is -2.45. The third-order valence-corrected chi connectivity index (χ3v) is 3.76. The standard InChI is InChI=1S/C13H24N2O2/c1-17-10-12(11-5-6-11)14-9-13(16)15-7-3-2-4-8-15/h11-12,14H,2-10H2,1H3. The molecule has 1 N–H and O–H groups in total. The topological polar surface area (TPSA) is 41.6 Å². The van der Waals surface area contributed by atoms with Crippen molar-refractivity contribution in [1.29, 1.82) is 0 Å². The fourth-order valence-corrected chi connectivity index (χ4v) is 2.51. The highest BCUT2D eigenvalue weighted by molar-refractivity contribution is 5.78. The maximum atomic E-state index is 12.0. The lowest BCUT2D eigenvalue weighted by Gasteiger charge is -2.27. The summed E-state index contributed by atoms with van der Waals surface area (Å²) < 4.78 is 5.20. The Balaban J connectivity index is 1.69. The Hall–Kier alpha value is -0.610. The normalized spacial score (nSPS) is 22.5. The second-order valence-electron chi connectivity index (χ2n) is 5.22. The Morgan fingerprint density at radius 2 is 2.06 bits per heavy atom. The molecule has 0 spiro atoms. The number of carbonyl (C=O) groups excluding carboxylic acids is 1. The minimum Gasteiger partial charge on any atom is -0.383 e. The number of nitrogens with one attached hydrogen (secondary N) is 1. The molecule has 1 heterocycles. The van der Waals surface area contributed by atoms with E-state index in [1.807, 2.05) is 4.90 Å². The number of amides is 1. The van der Waals surface area contributed by atoms with Gasteiger partial charge < -0.3 is 15.0 Å². The van der Waals surface area contributed by atoms with Crippen molar-refractivity contribution < 1.29 is 9.53 Å². The molecule has 1 unspecified atom stereocenters. The molecule has 0 radical (unpaired) electrons. The molecule has 0 aromatic rings. The van der Waals surface area contributed by atoms with Gasteiger partial charge in [-0.05, 0) is 38.0 Å². The average molecular weight is 240 g/mol. The summed E-state index contributed by atoms with van der Waals surface area (Å²) in [6.07, 6.45) is 6.15. The molecule has 0 aromatic carbocycles. The SMILES string of the molecule is COCC(NCC(=O)N1CCCCC1)C1CC1. The van der Waals surface area contributed by atoms with Gasteiger partial charge in [0.2, 0.25) is 5.91 Å². The van der Waals surface area contributed by atoms with E-state index >= 15 is 0 Å². The fourth-order valence-electron chi connectivity index (χ4n) is 2.51. The summed E-state index contributed by atoms with van der Waals surface area (Å²) in [5, 5.41) is 3.36. The number of hydrogen-bond donors (Lipinski definition) is 1. The van der Waals surface area contributed by atoms with E-state index in [9.17, 15) is 4.79 Å². The van der Waals surface area contributed by atoms with E-state index in [1.165, 1.54) is 19.3 Å². The van der Waals surface area contributed by atoms with Crippen LogP contribution in [0.15, 0.2) is 0 Å². The minimum atomic E-state index is 0.256. The van der Waals surface area contributed by atoms with Crippen LogP contribution >= 0.6 is 0 Å². The zero-order valence-corrected chi connectivity index (χ0v) is 10.8. The van der Waals surface area contributed by atoms with Gasteiger partial charge in [0.25, 0.3) is 0 Å². The molecule has 17 heavy (non-hydrogen) atoms. The number of nitrogens with zero attached hydrogens (tertiary/aromatic N) is 1. The number of likely N-dealkylation sites (tertiary alicyclic amines) is 1. The van der Waals surface area contributed by atoms with Gasteiger partial charge in [-0.15, -0.1) is 0 Å². The molecule has 0 bridgehead atoms. The van der Waals surface area contributed by atoms with Crippen LogP contribution in [-0.2, 0) is 9.53 Å². The molecule has 1 saturated heterocycles. The lowest BCUT2D eigenvalue weighted by molar-refractivity contribution is -0.131. The third-order valence-electron chi connectivity index (χ3n) is 3.76. The second kappa shape index (κ2) is 6.36. The molecule has 98 valence electrons. The van der Waals surface area contributed by atoms with Gasteiger partial charge in [-0.25, -0.2) is 0 Å². The lowest BCUT2D eigenvalue weighted by atomic mass is 10.1. The smallest absolute Gasteiger partial charge is 0.236 e. The molecular formula is C13H24N2O2. The molecule has 4 heteroatoms. The van der Waals surface area contributed by atoms with E-state index < -0.39 is 0 Å². The monoisotopic (exact) mass is 240 g/mol. The van der Waals surface area contributed by atoms with Gasteiger partial charge in [-0.1, -0.05) is 0 Å². The molecule has 1 saturated carbocycles. The zero-order valence-electron chi connectivity index (χ0n) is 10.8. The summed E-state index contributed by atoms with van der Waals surface area (Å²) in [4.78, 5) is 14.0. The maximum absolute atomic E-state index is 12.0. The largest absolute Gasteiger partial charge is 0.383 e. The second-order valence-corrected chi connectivity index (χ2v) is 5.22. The number of piperidine rings is 1. The summed E-state index contributed by atoms with van der Waals surface area (Å²) >= 11 is 0. The first-order valence-corrected chi connectivity index (χ1v) is 6.81. The number of hydrogen-bond acceptors (Lipinski definition) is 3. The summed E-state index contributed by atoms with van der Waals surface area (Å²) in [6, 6.07) is 0.369. The van der Waals surface area contributed by atoms with Crippen molar-refractivity contribution in [2.45, 2.75) is 38.1 Å². The minimum absolute atomic E-state index is 0.256. The first-order valence-electron chi connectivity index (χ1n) is 6.81. The molecule has 0 aromatic heterocycles. The van der Waals surface area contributed by atoms with Crippen molar-refractivity contribution in [1.82, 2.24) is 10.2 Å². The van der Waals surface area contributed by atoms with Gasteiger partial charge >= 0.3 is 0 Å². The van der Waals surface area contributed by atoms with Crippen LogP contribution in [0.5, 0.6) is 0 Å². The summed E-state index contributed by atoms with van der Waals surface area (Å²) in [5.74, 6) is 0.982. The van der Waals surface area contributed by atoms with Crippen LogP contribution in [0.4, 0.5) is 0 Å². The van der Waals surface area contributed by atoms with Crippen molar-refractivity contribution in [3.05, 3.63) is 0 Å². The van der Waals surface area contributed by atoms with Crippen molar-refractivity contribution in [2.24, 2.45) is 5.92 Å². The fraction of sp³-hybridized carbons (Fsp3) is 0.923. The zero-order chi connectivity index (χ0) is 12.1. The number of rotatable bonds is 6. The van der Waals surface area contributed by atoms with Crippen LogP contribution in [0.2, 0.25) is 0 Å². The molecule has 1 amide bonds. The van der Waals surface area contributed by atoms with E-state index in [1.54, 1.807) is 7.11 Å². The van der Waals surface area contributed by atoms with E-state index in [4.69, 9.17) is 4.74 Å². The van der Waals surface area contributed by atoms with E-state index in [0.717, 1.165) is 38.5 Å².